The van der Waals surface area contributed by atoms with Crippen LogP contribution in [0.15, 0.2) is 18.2 Å². The van der Waals surface area contributed by atoms with Crippen LogP contribution in [0.3, 0.4) is 0 Å². The number of carbonyl (C=O) groups is 1. The van der Waals surface area contributed by atoms with Gasteiger partial charge in [-0.2, -0.15) is 0 Å². The summed E-state index contributed by atoms with van der Waals surface area (Å²) in [7, 11) is 0. The second-order valence-corrected chi connectivity index (χ2v) is 3.66. The predicted molar refractivity (Wildman–Crippen MR) is 57.8 cm³/mol. The molecule has 1 rings (SSSR count). The zero-order valence-corrected chi connectivity index (χ0v) is 9.01. The van der Waals surface area contributed by atoms with Gasteiger partial charge in [-0.05, 0) is 23.3 Å². The summed E-state index contributed by atoms with van der Waals surface area (Å²) in [5.41, 5.74) is 5.49. The molecular weight excluding hydrogens is 229 g/mol. The fourth-order valence-corrected chi connectivity index (χ4v) is 1.52. The number of carboxylic acid groups (broad SMARTS) is 1. The van der Waals surface area contributed by atoms with Gasteiger partial charge in [-0.3, -0.25) is 4.79 Å². The lowest BCUT2D eigenvalue weighted by molar-refractivity contribution is -0.136. The molecule has 0 aliphatic rings. The summed E-state index contributed by atoms with van der Waals surface area (Å²) in [6.45, 7) is -0.176. The molecule has 0 bridgehead atoms. The first-order valence-corrected chi connectivity index (χ1v) is 5.02. The van der Waals surface area contributed by atoms with Crippen LogP contribution in [-0.4, -0.2) is 33.9 Å². The Morgan fingerprint density at radius 3 is 2.59 bits per heavy atom. The average Bonchev–Trinajstić information content (AvgIpc) is 2.26. The normalized spacial score (nSPS) is 14.4. The summed E-state index contributed by atoms with van der Waals surface area (Å²) in [5.74, 6) is -1.74. The summed E-state index contributed by atoms with van der Waals surface area (Å²) >= 11 is 0. The number of aliphatic hydroxyl groups is 2. The van der Waals surface area contributed by atoms with Crippen molar-refractivity contribution in [3.63, 3.8) is 0 Å². The minimum atomic E-state index is -1.32. The minimum Gasteiger partial charge on any atom is -0.481 e. The Bertz CT molecular complexity index is 410. The third-order valence-electron chi connectivity index (χ3n) is 2.37. The third kappa shape index (κ3) is 3.48. The van der Waals surface area contributed by atoms with E-state index in [0.717, 1.165) is 12.1 Å². The molecule has 0 heterocycles. The topological polar surface area (TPSA) is 104 Å². The molecule has 0 aliphatic heterocycles. The van der Waals surface area contributed by atoms with Crippen LogP contribution in [0.25, 0.3) is 0 Å². The van der Waals surface area contributed by atoms with E-state index in [-0.39, 0.29) is 17.7 Å². The van der Waals surface area contributed by atoms with Crippen molar-refractivity contribution >= 4 is 5.97 Å². The van der Waals surface area contributed by atoms with Crippen molar-refractivity contribution in [3.05, 3.63) is 35.1 Å². The van der Waals surface area contributed by atoms with E-state index in [1.165, 1.54) is 6.07 Å². The van der Waals surface area contributed by atoms with Crippen molar-refractivity contribution in [2.45, 2.75) is 18.6 Å². The number of aliphatic hydroxyl groups excluding tert-OH is 2. The van der Waals surface area contributed by atoms with Gasteiger partial charge >= 0.3 is 5.97 Å². The van der Waals surface area contributed by atoms with E-state index in [9.17, 15) is 19.4 Å². The van der Waals surface area contributed by atoms with Crippen molar-refractivity contribution in [2.24, 2.45) is 5.73 Å². The van der Waals surface area contributed by atoms with E-state index >= 15 is 0 Å². The molecule has 5 nitrogen and oxygen atoms in total. The number of carboxylic acids is 1. The fourth-order valence-electron chi connectivity index (χ4n) is 1.52. The zero-order chi connectivity index (χ0) is 13.0. The molecule has 6 heteroatoms. The highest BCUT2D eigenvalue weighted by atomic mass is 19.1. The van der Waals surface area contributed by atoms with E-state index in [4.69, 9.17) is 10.8 Å². The SMILES string of the molecule is NCC(O)C(O)c1ccc(F)cc1CC(=O)O. The molecular formula is C11H14FNO4. The molecule has 0 saturated carbocycles. The summed E-state index contributed by atoms with van der Waals surface area (Å²) in [4.78, 5) is 10.6. The highest BCUT2D eigenvalue weighted by Crippen LogP contribution is 2.22. The van der Waals surface area contributed by atoms with Crippen molar-refractivity contribution < 1.29 is 24.5 Å². The van der Waals surface area contributed by atoms with Gasteiger partial charge in [-0.1, -0.05) is 6.07 Å². The molecule has 0 radical (unpaired) electrons. The lowest BCUT2D eigenvalue weighted by atomic mass is 9.96. The lowest BCUT2D eigenvalue weighted by Gasteiger charge is -2.19. The van der Waals surface area contributed by atoms with Crippen molar-refractivity contribution in [3.8, 4) is 0 Å². The first-order chi connectivity index (χ1) is 7.95. The molecule has 1 aromatic rings. The maximum absolute atomic E-state index is 13.0. The van der Waals surface area contributed by atoms with E-state index in [2.05, 4.69) is 0 Å². The molecule has 0 amide bonds. The largest absolute Gasteiger partial charge is 0.481 e. The molecule has 0 aromatic heterocycles. The number of halogens is 1. The van der Waals surface area contributed by atoms with Crippen molar-refractivity contribution in [1.29, 1.82) is 0 Å². The number of benzene rings is 1. The maximum Gasteiger partial charge on any atom is 0.307 e. The predicted octanol–water partition coefficient (Wildman–Crippen LogP) is -0.194. The number of hydrogen-bond acceptors (Lipinski definition) is 4. The van der Waals surface area contributed by atoms with E-state index < -0.39 is 30.4 Å². The second-order valence-electron chi connectivity index (χ2n) is 3.66. The Hall–Kier alpha value is -1.50. The van der Waals surface area contributed by atoms with Crippen LogP contribution in [0, 0.1) is 5.82 Å². The highest BCUT2D eigenvalue weighted by molar-refractivity contribution is 5.70. The molecule has 2 atom stereocenters. The van der Waals surface area contributed by atoms with Gasteiger partial charge in [-0.15, -0.1) is 0 Å². The van der Waals surface area contributed by atoms with Gasteiger partial charge in [0.05, 0.1) is 12.5 Å². The molecule has 17 heavy (non-hydrogen) atoms. The Morgan fingerprint density at radius 2 is 2.06 bits per heavy atom. The van der Waals surface area contributed by atoms with Gasteiger partial charge in [0.25, 0.3) is 0 Å². The molecule has 1 aromatic carbocycles. The lowest BCUT2D eigenvalue weighted by Crippen LogP contribution is -2.28. The number of hydrogen-bond donors (Lipinski definition) is 4. The molecule has 0 fully saturated rings. The number of rotatable bonds is 5. The Labute approximate surface area is 97.3 Å². The van der Waals surface area contributed by atoms with Crippen LogP contribution in [0.4, 0.5) is 4.39 Å². The average molecular weight is 243 g/mol. The first kappa shape index (κ1) is 13.6. The molecule has 5 N–H and O–H groups in total. The third-order valence-corrected chi connectivity index (χ3v) is 2.37. The van der Waals surface area contributed by atoms with Crippen LogP contribution < -0.4 is 5.73 Å². The zero-order valence-electron chi connectivity index (χ0n) is 9.01. The minimum absolute atomic E-state index is 0.123. The van der Waals surface area contributed by atoms with E-state index in [0.29, 0.717) is 0 Å². The fraction of sp³-hybridized carbons (Fsp3) is 0.364. The number of aliphatic carboxylic acids is 1. The molecule has 0 aliphatic carbocycles. The maximum atomic E-state index is 13.0. The molecule has 0 saturated heterocycles. The van der Waals surface area contributed by atoms with Crippen LogP contribution in [0.2, 0.25) is 0 Å². The molecule has 94 valence electrons. The summed E-state index contributed by atoms with van der Waals surface area (Å²) in [5, 5.41) is 27.8. The van der Waals surface area contributed by atoms with Crippen molar-refractivity contribution in [2.75, 3.05) is 6.54 Å². The van der Waals surface area contributed by atoms with E-state index in [1.54, 1.807) is 0 Å². The summed E-state index contributed by atoms with van der Waals surface area (Å²) < 4.78 is 13.0. The molecule has 2 unspecified atom stereocenters. The van der Waals surface area contributed by atoms with Gasteiger partial charge < -0.3 is 21.1 Å². The Balaban J connectivity index is 3.09. The van der Waals surface area contributed by atoms with Gasteiger partial charge in [0, 0.05) is 6.54 Å². The number of nitrogens with two attached hydrogens (primary N) is 1. The van der Waals surface area contributed by atoms with Gasteiger partial charge in [0.1, 0.15) is 11.9 Å². The van der Waals surface area contributed by atoms with Crippen LogP contribution in [0.1, 0.15) is 17.2 Å². The van der Waals surface area contributed by atoms with Crippen molar-refractivity contribution in [1.82, 2.24) is 0 Å². The molecule has 0 spiro atoms. The quantitative estimate of drug-likeness (QED) is 0.573. The Morgan fingerprint density at radius 1 is 1.41 bits per heavy atom. The monoisotopic (exact) mass is 243 g/mol. The standard InChI is InChI=1S/C11H14FNO4/c12-7-1-2-8(11(17)9(14)5-13)6(3-7)4-10(15)16/h1-3,9,11,14,17H,4-5,13H2,(H,15,16). The second kappa shape index (κ2) is 5.72. The van der Waals surface area contributed by atoms with Gasteiger partial charge in [-0.25, -0.2) is 4.39 Å². The van der Waals surface area contributed by atoms with E-state index in [1.807, 2.05) is 0 Å². The highest BCUT2D eigenvalue weighted by Gasteiger charge is 2.21. The summed E-state index contributed by atoms with van der Waals surface area (Å²) in [6, 6.07) is 3.36. The Kier molecular flexibility index (Phi) is 4.56. The van der Waals surface area contributed by atoms with Gasteiger partial charge in [0.2, 0.25) is 0 Å². The van der Waals surface area contributed by atoms with Gasteiger partial charge in [0.15, 0.2) is 0 Å². The first-order valence-electron chi connectivity index (χ1n) is 5.02. The smallest absolute Gasteiger partial charge is 0.307 e. The van der Waals surface area contributed by atoms with Crippen LogP contribution >= 0.6 is 0 Å². The summed E-state index contributed by atoms with van der Waals surface area (Å²) in [6.07, 6.45) is -2.97. The van der Waals surface area contributed by atoms with Crippen LogP contribution in [-0.2, 0) is 11.2 Å². The van der Waals surface area contributed by atoms with Crippen LogP contribution in [0.5, 0.6) is 0 Å².